The monoisotopic (exact) mass is 266 g/mol. The third-order valence-electron chi connectivity index (χ3n) is 3.01. The average Bonchev–Trinajstić information content (AvgIpc) is 2.37. The van der Waals surface area contributed by atoms with Crippen LogP contribution in [0, 0.1) is 0 Å². The Morgan fingerprint density at radius 3 is 2.44 bits per heavy atom. The molecule has 18 heavy (non-hydrogen) atoms. The molecule has 0 amide bonds. The van der Waals surface area contributed by atoms with Gasteiger partial charge in [0.2, 0.25) is 0 Å². The predicted octanol–water partition coefficient (Wildman–Crippen LogP) is 2.75. The Morgan fingerprint density at radius 2 is 2.00 bits per heavy atom. The molecule has 0 heterocycles. The Bertz CT molecular complexity index is 378. The number of nitrogens with two attached hydrogens (primary N) is 1. The zero-order chi connectivity index (χ0) is 13.5. The maximum absolute atomic E-state index is 5.87. The van der Waals surface area contributed by atoms with Gasteiger partial charge in [-0.1, -0.05) is 37.7 Å². The summed E-state index contributed by atoms with van der Waals surface area (Å²) in [6, 6.07) is 7.91. The van der Waals surface area contributed by atoms with E-state index in [2.05, 4.69) is 18.9 Å². The minimum atomic E-state index is -0.00236. The number of nitrogens with zero attached hydrogens (tertiary/aromatic N) is 1. The molecule has 2 N–H and O–H groups in total. The van der Waals surface area contributed by atoms with Crippen LogP contribution in [0.25, 0.3) is 0 Å². The largest absolute Gasteiger partial charge is 0.497 e. The van der Waals surface area contributed by atoms with Crippen LogP contribution in [0.15, 0.2) is 24.3 Å². The van der Waals surface area contributed by atoms with Gasteiger partial charge in [-0.05, 0) is 37.7 Å². The van der Waals surface area contributed by atoms with E-state index < -0.39 is 0 Å². The van der Waals surface area contributed by atoms with Crippen LogP contribution in [0.1, 0.15) is 31.4 Å². The second-order valence-corrected chi connectivity index (χ2v) is 4.88. The summed E-state index contributed by atoms with van der Waals surface area (Å²) in [6.45, 7) is 3.17. The van der Waals surface area contributed by atoms with Crippen molar-refractivity contribution in [1.29, 1.82) is 0 Å². The van der Waals surface area contributed by atoms with Gasteiger partial charge in [0.05, 0.1) is 18.1 Å². The second kappa shape index (κ2) is 7.34. The van der Waals surface area contributed by atoms with Gasteiger partial charge in [0.25, 0.3) is 0 Å². The first-order chi connectivity index (χ1) is 8.60. The molecule has 0 radical (unpaired) electrons. The Kier molecular flexibility index (Phi) is 6.09. The van der Waals surface area contributed by atoms with Crippen LogP contribution in [0.4, 0.5) is 0 Å². The van der Waals surface area contributed by atoms with E-state index in [0.717, 1.165) is 30.7 Å². The van der Waals surface area contributed by atoms with E-state index >= 15 is 0 Å². The molecule has 1 unspecified atom stereocenters. The Morgan fingerprint density at radius 1 is 1.39 bits per heavy atom. The van der Waals surface area contributed by atoms with Gasteiger partial charge in [0.15, 0.2) is 0 Å². The number of ether oxygens (including phenoxy) is 1. The smallest absolute Gasteiger partial charge is 0.118 e. The molecule has 1 rings (SSSR count). The first-order valence-electron chi connectivity index (χ1n) is 6.23. The maximum atomic E-state index is 5.87. The van der Waals surface area contributed by atoms with Crippen molar-refractivity contribution in [3.63, 3.8) is 0 Å². The van der Waals surface area contributed by atoms with Crippen LogP contribution in [0.2, 0.25) is 0 Å². The number of unbranched alkanes of at least 4 members (excludes halogenated alkanes) is 1. The summed E-state index contributed by atoms with van der Waals surface area (Å²) in [6.07, 6.45) is 2.31. The molecule has 4 heteroatoms. The number of likely N-dealkylation sites (N-methyl/N-ethyl adjacent to an activating group) is 1. The van der Waals surface area contributed by atoms with E-state index in [9.17, 15) is 0 Å². The molecule has 0 spiro atoms. The zero-order valence-electron chi connectivity index (χ0n) is 11.3. The number of hydrogen-bond acceptors (Lipinski definition) is 3. The van der Waals surface area contributed by atoms with Crippen molar-refractivity contribution in [2.45, 2.75) is 25.8 Å². The first-order valence-corrected chi connectivity index (χ1v) is 6.64. The van der Waals surface area contributed by atoms with Gasteiger partial charge in [-0.3, -0.25) is 4.90 Å². The number of methoxy groups -OCH3 is 1. The van der Waals surface area contributed by atoms with Gasteiger partial charge in [-0.15, -0.1) is 0 Å². The van der Waals surface area contributed by atoms with Crippen molar-refractivity contribution in [1.82, 2.24) is 4.90 Å². The van der Waals surface area contributed by atoms with Crippen LogP contribution in [0.3, 0.4) is 0 Å². The normalized spacial score (nSPS) is 12.4. The van der Waals surface area contributed by atoms with Crippen LogP contribution in [-0.2, 0) is 0 Å². The van der Waals surface area contributed by atoms with Crippen LogP contribution >= 0.6 is 12.2 Å². The lowest BCUT2D eigenvalue weighted by molar-refractivity contribution is 0.296. The lowest BCUT2D eigenvalue weighted by atomic mass is 10.1. The van der Waals surface area contributed by atoms with Crippen LogP contribution in [0.5, 0.6) is 5.75 Å². The van der Waals surface area contributed by atoms with Gasteiger partial charge in [-0.25, -0.2) is 0 Å². The zero-order valence-corrected chi connectivity index (χ0v) is 12.2. The van der Waals surface area contributed by atoms with E-state index in [0.29, 0.717) is 4.99 Å². The molecule has 0 aliphatic carbocycles. The highest BCUT2D eigenvalue weighted by Crippen LogP contribution is 2.22. The van der Waals surface area contributed by atoms with E-state index in [-0.39, 0.29) is 6.04 Å². The predicted molar refractivity (Wildman–Crippen MR) is 80.1 cm³/mol. The molecule has 1 atom stereocenters. The van der Waals surface area contributed by atoms with Crippen molar-refractivity contribution in [2.24, 2.45) is 5.73 Å². The molecule has 0 fully saturated rings. The highest BCUT2D eigenvalue weighted by Gasteiger charge is 2.19. The molecular weight excluding hydrogens is 244 g/mol. The van der Waals surface area contributed by atoms with E-state index in [4.69, 9.17) is 22.7 Å². The van der Waals surface area contributed by atoms with E-state index in [1.807, 2.05) is 24.3 Å². The number of benzene rings is 1. The molecule has 0 aliphatic heterocycles. The molecule has 1 aromatic rings. The van der Waals surface area contributed by atoms with Gasteiger partial charge in [0, 0.05) is 0 Å². The standard InChI is InChI=1S/C14H22N2OS/c1-4-5-10-16(2)13(14(15)18)11-6-8-12(17-3)9-7-11/h6-9,13H,4-5,10H2,1-3H3,(H2,15,18). The topological polar surface area (TPSA) is 38.5 Å². The van der Waals surface area contributed by atoms with Gasteiger partial charge in [0.1, 0.15) is 5.75 Å². The average molecular weight is 266 g/mol. The van der Waals surface area contributed by atoms with Crippen molar-refractivity contribution in [3.8, 4) is 5.75 Å². The summed E-state index contributed by atoms with van der Waals surface area (Å²) in [5, 5.41) is 0. The Labute approximate surface area is 115 Å². The lowest BCUT2D eigenvalue weighted by Gasteiger charge is -2.27. The second-order valence-electron chi connectivity index (χ2n) is 4.41. The van der Waals surface area contributed by atoms with Crippen LogP contribution < -0.4 is 10.5 Å². The van der Waals surface area contributed by atoms with Crippen molar-refractivity contribution < 1.29 is 4.74 Å². The van der Waals surface area contributed by atoms with Crippen LogP contribution in [-0.4, -0.2) is 30.6 Å². The molecule has 3 nitrogen and oxygen atoms in total. The highest BCUT2D eigenvalue weighted by atomic mass is 32.1. The molecule has 1 aromatic carbocycles. The molecule has 0 saturated heterocycles. The number of thiocarbonyl (C=S) groups is 1. The quantitative estimate of drug-likeness (QED) is 0.770. The highest BCUT2D eigenvalue weighted by molar-refractivity contribution is 7.80. The Hall–Kier alpha value is -1.13. The summed E-state index contributed by atoms with van der Waals surface area (Å²) in [7, 11) is 3.72. The molecule has 100 valence electrons. The van der Waals surface area contributed by atoms with Crippen molar-refractivity contribution in [3.05, 3.63) is 29.8 Å². The van der Waals surface area contributed by atoms with Gasteiger partial charge in [-0.2, -0.15) is 0 Å². The third kappa shape index (κ3) is 3.96. The van der Waals surface area contributed by atoms with E-state index in [1.54, 1.807) is 7.11 Å². The fourth-order valence-corrected chi connectivity index (χ4v) is 2.27. The molecule has 0 aliphatic rings. The summed E-state index contributed by atoms with van der Waals surface area (Å²) in [4.78, 5) is 2.71. The van der Waals surface area contributed by atoms with Gasteiger partial charge >= 0.3 is 0 Å². The van der Waals surface area contributed by atoms with Gasteiger partial charge < -0.3 is 10.5 Å². The lowest BCUT2D eigenvalue weighted by Crippen LogP contribution is -2.34. The summed E-state index contributed by atoms with van der Waals surface area (Å²) >= 11 is 5.19. The molecule has 0 saturated carbocycles. The minimum Gasteiger partial charge on any atom is -0.497 e. The summed E-state index contributed by atoms with van der Waals surface area (Å²) < 4.78 is 5.16. The Balaban J connectivity index is 2.86. The maximum Gasteiger partial charge on any atom is 0.118 e. The van der Waals surface area contributed by atoms with E-state index in [1.165, 1.54) is 0 Å². The van der Waals surface area contributed by atoms with Crippen molar-refractivity contribution in [2.75, 3.05) is 20.7 Å². The molecular formula is C14H22N2OS. The summed E-state index contributed by atoms with van der Waals surface area (Å²) in [5.41, 5.74) is 6.98. The third-order valence-corrected chi connectivity index (χ3v) is 3.23. The first kappa shape index (κ1) is 14.9. The van der Waals surface area contributed by atoms with Crippen molar-refractivity contribution >= 4 is 17.2 Å². The summed E-state index contributed by atoms with van der Waals surface area (Å²) in [5.74, 6) is 0.844. The minimum absolute atomic E-state index is 0.00236. The number of hydrogen-bond donors (Lipinski definition) is 1. The molecule has 0 bridgehead atoms. The molecule has 0 aromatic heterocycles. The fraction of sp³-hybridized carbons (Fsp3) is 0.500. The fourth-order valence-electron chi connectivity index (χ4n) is 1.96. The number of rotatable bonds is 7. The SMILES string of the molecule is CCCCN(C)C(C(N)=S)c1ccc(OC)cc1.